The second kappa shape index (κ2) is 8.00. The van der Waals surface area contributed by atoms with Crippen molar-refractivity contribution in [2.24, 2.45) is 0 Å². The number of ether oxygens (including phenoxy) is 2. The van der Waals surface area contributed by atoms with E-state index in [0.29, 0.717) is 18.4 Å². The molecule has 0 aliphatic heterocycles. The molecule has 1 saturated carbocycles. The van der Waals surface area contributed by atoms with Crippen LogP contribution in [0.15, 0.2) is 24.3 Å². The van der Waals surface area contributed by atoms with Crippen LogP contribution in [0, 0.1) is 0 Å². The predicted octanol–water partition coefficient (Wildman–Crippen LogP) is 1.47. The van der Waals surface area contributed by atoms with Crippen LogP contribution in [-0.2, 0) is 16.1 Å². The van der Waals surface area contributed by atoms with E-state index < -0.39 is 0 Å². The summed E-state index contributed by atoms with van der Waals surface area (Å²) < 4.78 is 10.4. The number of hydrogen-bond acceptors (Lipinski definition) is 4. The van der Waals surface area contributed by atoms with Gasteiger partial charge in [-0.3, -0.25) is 4.79 Å². The van der Waals surface area contributed by atoms with Crippen LogP contribution < -0.4 is 15.4 Å². The summed E-state index contributed by atoms with van der Waals surface area (Å²) in [6.07, 6.45) is 2.58. The Kier molecular flexibility index (Phi) is 6.02. The normalized spacial score (nSPS) is 15.5. The van der Waals surface area contributed by atoms with Gasteiger partial charge in [0.25, 0.3) is 5.91 Å². The van der Waals surface area contributed by atoms with Crippen LogP contribution >= 0.6 is 0 Å². The van der Waals surface area contributed by atoms with E-state index in [4.69, 9.17) is 9.47 Å². The highest BCUT2D eigenvalue weighted by atomic mass is 16.5. The number of carbonyl (C=O) groups is 1. The second-order valence-corrected chi connectivity index (χ2v) is 5.51. The van der Waals surface area contributed by atoms with Crippen molar-refractivity contribution in [2.45, 2.75) is 38.4 Å². The van der Waals surface area contributed by atoms with E-state index >= 15 is 0 Å². The SMILES string of the molecule is COCC(C)NC(=O)COc1ccc(CNC2CC2)cc1. The summed E-state index contributed by atoms with van der Waals surface area (Å²) in [5, 5.41) is 6.26. The minimum atomic E-state index is -0.140. The van der Waals surface area contributed by atoms with Crippen LogP contribution in [0.1, 0.15) is 25.3 Å². The fraction of sp³-hybridized carbons (Fsp3) is 0.562. The average molecular weight is 292 g/mol. The first-order chi connectivity index (χ1) is 10.2. The van der Waals surface area contributed by atoms with Crippen LogP contribution in [0.2, 0.25) is 0 Å². The first-order valence-corrected chi connectivity index (χ1v) is 7.41. The van der Waals surface area contributed by atoms with Gasteiger partial charge in [-0.15, -0.1) is 0 Å². The topological polar surface area (TPSA) is 59.6 Å². The molecule has 1 aromatic rings. The first kappa shape index (κ1) is 15.8. The van der Waals surface area contributed by atoms with E-state index in [9.17, 15) is 4.79 Å². The Bertz CT molecular complexity index is 443. The molecular formula is C16H24N2O3. The van der Waals surface area contributed by atoms with Crippen LogP contribution in [0.5, 0.6) is 5.75 Å². The zero-order chi connectivity index (χ0) is 15.1. The lowest BCUT2D eigenvalue weighted by Gasteiger charge is -2.13. The van der Waals surface area contributed by atoms with E-state index in [1.54, 1.807) is 7.11 Å². The number of benzene rings is 1. The van der Waals surface area contributed by atoms with Crippen LogP contribution in [-0.4, -0.2) is 38.3 Å². The zero-order valence-electron chi connectivity index (χ0n) is 12.7. The van der Waals surface area contributed by atoms with Crippen LogP contribution in [0.3, 0.4) is 0 Å². The summed E-state index contributed by atoms with van der Waals surface area (Å²) in [7, 11) is 1.61. The molecule has 116 valence electrons. The zero-order valence-corrected chi connectivity index (χ0v) is 12.7. The summed E-state index contributed by atoms with van der Waals surface area (Å²) >= 11 is 0. The Labute approximate surface area is 126 Å². The van der Waals surface area contributed by atoms with Crippen molar-refractivity contribution in [3.63, 3.8) is 0 Å². The molecule has 1 aliphatic rings. The molecule has 1 aliphatic carbocycles. The third-order valence-corrected chi connectivity index (χ3v) is 3.29. The second-order valence-electron chi connectivity index (χ2n) is 5.51. The lowest BCUT2D eigenvalue weighted by atomic mass is 10.2. The molecule has 1 aromatic carbocycles. The molecule has 21 heavy (non-hydrogen) atoms. The Morgan fingerprint density at radius 3 is 2.67 bits per heavy atom. The average Bonchev–Trinajstić information content (AvgIpc) is 3.28. The summed E-state index contributed by atoms with van der Waals surface area (Å²) in [6.45, 7) is 3.30. The number of carbonyl (C=O) groups excluding carboxylic acids is 1. The van der Waals surface area contributed by atoms with E-state index in [0.717, 1.165) is 6.54 Å². The maximum atomic E-state index is 11.7. The molecule has 0 aromatic heterocycles. The van der Waals surface area contributed by atoms with Gasteiger partial charge in [-0.05, 0) is 37.5 Å². The minimum absolute atomic E-state index is 0.0121. The van der Waals surface area contributed by atoms with Crippen molar-refractivity contribution in [2.75, 3.05) is 20.3 Å². The number of hydrogen-bond donors (Lipinski definition) is 2. The molecule has 5 heteroatoms. The van der Waals surface area contributed by atoms with Crippen molar-refractivity contribution in [1.82, 2.24) is 10.6 Å². The van der Waals surface area contributed by atoms with Crippen LogP contribution in [0.25, 0.3) is 0 Å². The number of nitrogens with one attached hydrogen (secondary N) is 2. The highest BCUT2D eigenvalue weighted by molar-refractivity contribution is 5.77. The van der Waals surface area contributed by atoms with Gasteiger partial charge >= 0.3 is 0 Å². The monoisotopic (exact) mass is 292 g/mol. The molecule has 0 radical (unpaired) electrons. The smallest absolute Gasteiger partial charge is 0.258 e. The van der Waals surface area contributed by atoms with E-state index in [-0.39, 0.29) is 18.6 Å². The number of amides is 1. The molecule has 0 heterocycles. The Hall–Kier alpha value is -1.59. The summed E-state index contributed by atoms with van der Waals surface area (Å²) in [4.78, 5) is 11.7. The van der Waals surface area contributed by atoms with E-state index in [2.05, 4.69) is 10.6 Å². The first-order valence-electron chi connectivity index (χ1n) is 7.41. The molecule has 5 nitrogen and oxygen atoms in total. The van der Waals surface area contributed by atoms with Gasteiger partial charge in [0.2, 0.25) is 0 Å². The van der Waals surface area contributed by atoms with E-state index in [1.807, 2.05) is 31.2 Å². The molecular weight excluding hydrogens is 268 g/mol. The largest absolute Gasteiger partial charge is 0.484 e. The highest BCUT2D eigenvalue weighted by Gasteiger charge is 2.19. The molecule has 1 amide bonds. The highest BCUT2D eigenvalue weighted by Crippen LogP contribution is 2.19. The molecule has 2 N–H and O–H groups in total. The van der Waals surface area contributed by atoms with Crippen molar-refractivity contribution in [3.05, 3.63) is 29.8 Å². The third kappa shape index (κ3) is 6.14. The maximum absolute atomic E-state index is 11.7. The molecule has 1 unspecified atom stereocenters. The Morgan fingerprint density at radius 2 is 2.05 bits per heavy atom. The van der Waals surface area contributed by atoms with E-state index in [1.165, 1.54) is 18.4 Å². The van der Waals surface area contributed by atoms with Crippen LogP contribution in [0.4, 0.5) is 0 Å². The van der Waals surface area contributed by atoms with Crippen molar-refractivity contribution in [1.29, 1.82) is 0 Å². The van der Waals surface area contributed by atoms with Gasteiger partial charge < -0.3 is 20.1 Å². The molecule has 0 saturated heterocycles. The Balaban J connectivity index is 1.68. The summed E-state index contributed by atoms with van der Waals surface area (Å²) in [6, 6.07) is 8.54. The molecule has 1 atom stereocenters. The molecule has 2 rings (SSSR count). The fourth-order valence-corrected chi connectivity index (χ4v) is 2.01. The van der Waals surface area contributed by atoms with Crippen molar-refractivity contribution >= 4 is 5.91 Å². The summed E-state index contributed by atoms with van der Waals surface area (Å²) in [5.74, 6) is 0.568. The van der Waals surface area contributed by atoms with Gasteiger partial charge in [-0.2, -0.15) is 0 Å². The van der Waals surface area contributed by atoms with Gasteiger partial charge in [0, 0.05) is 25.7 Å². The van der Waals surface area contributed by atoms with Crippen molar-refractivity contribution < 1.29 is 14.3 Å². The molecule has 1 fully saturated rings. The number of rotatable bonds is 9. The standard InChI is InChI=1S/C16H24N2O3/c1-12(10-20-2)18-16(19)11-21-15-7-3-13(4-8-15)9-17-14-5-6-14/h3-4,7-8,12,14,17H,5-6,9-11H2,1-2H3,(H,18,19). The van der Waals surface area contributed by atoms with Gasteiger partial charge in [0.1, 0.15) is 5.75 Å². The predicted molar refractivity (Wildman–Crippen MR) is 81.3 cm³/mol. The lowest BCUT2D eigenvalue weighted by molar-refractivity contribution is -0.124. The van der Waals surface area contributed by atoms with Gasteiger partial charge in [0.15, 0.2) is 6.61 Å². The van der Waals surface area contributed by atoms with Gasteiger partial charge in [0.05, 0.1) is 6.61 Å². The minimum Gasteiger partial charge on any atom is -0.484 e. The quantitative estimate of drug-likeness (QED) is 0.723. The van der Waals surface area contributed by atoms with Gasteiger partial charge in [-0.25, -0.2) is 0 Å². The Morgan fingerprint density at radius 1 is 1.33 bits per heavy atom. The van der Waals surface area contributed by atoms with Crippen molar-refractivity contribution in [3.8, 4) is 5.75 Å². The third-order valence-electron chi connectivity index (χ3n) is 3.29. The fourth-order valence-electron chi connectivity index (χ4n) is 2.01. The van der Waals surface area contributed by atoms with Gasteiger partial charge in [-0.1, -0.05) is 12.1 Å². The molecule has 0 bridgehead atoms. The number of methoxy groups -OCH3 is 1. The lowest BCUT2D eigenvalue weighted by Crippen LogP contribution is -2.38. The molecule has 0 spiro atoms. The maximum Gasteiger partial charge on any atom is 0.258 e. The summed E-state index contributed by atoms with van der Waals surface area (Å²) in [5.41, 5.74) is 1.23.